The summed E-state index contributed by atoms with van der Waals surface area (Å²) in [6.45, 7) is 3.91. The van der Waals surface area contributed by atoms with Crippen molar-refractivity contribution in [2.45, 2.75) is 26.3 Å². The number of amides is 1. The SMILES string of the molecule is CC(C)c1ccccc1NC(=O)Cn1c(=O)n(C)c(=O)c2c1c(-c1ccccc1)cn2C. The van der Waals surface area contributed by atoms with Crippen molar-refractivity contribution in [1.82, 2.24) is 13.7 Å². The maximum atomic E-state index is 13.1. The van der Waals surface area contributed by atoms with E-state index in [-0.39, 0.29) is 18.4 Å². The summed E-state index contributed by atoms with van der Waals surface area (Å²) in [5.74, 6) is -0.0969. The van der Waals surface area contributed by atoms with Gasteiger partial charge in [0.1, 0.15) is 12.1 Å². The van der Waals surface area contributed by atoms with Gasteiger partial charge in [-0.3, -0.25) is 18.7 Å². The van der Waals surface area contributed by atoms with Crippen molar-refractivity contribution in [3.8, 4) is 11.1 Å². The minimum Gasteiger partial charge on any atom is -0.344 e. The van der Waals surface area contributed by atoms with Crippen LogP contribution in [-0.4, -0.2) is 19.6 Å². The molecule has 1 N–H and O–H groups in total. The highest BCUT2D eigenvalue weighted by atomic mass is 16.2. The molecule has 164 valence electrons. The van der Waals surface area contributed by atoms with Crippen molar-refractivity contribution in [1.29, 1.82) is 0 Å². The third-order valence-electron chi connectivity index (χ3n) is 5.69. The zero-order valence-corrected chi connectivity index (χ0v) is 18.6. The van der Waals surface area contributed by atoms with Gasteiger partial charge in [0.05, 0.1) is 5.52 Å². The molecule has 7 heteroatoms. The lowest BCUT2D eigenvalue weighted by molar-refractivity contribution is -0.116. The van der Waals surface area contributed by atoms with Crippen molar-refractivity contribution >= 4 is 22.6 Å². The lowest BCUT2D eigenvalue weighted by Gasteiger charge is -2.15. The van der Waals surface area contributed by atoms with Crippen LogP contribution in [-0.2, 0) is 25.4 Å². The van der Waals surface area contributed by atoms with E-state index in [9.17, 15) is 14.4 Å². The van der Waals surface area contributed by atoms with Gasteiger partial charge in [0, 0.05) is 31.5 Å². The lowest BCUT2D eigenvalue weighted by Crippen LogP contribution is -2.40. The molecular weight excluding hydrogens is 404 g/mol. The van der Waals surface area contributed by atoms with Crippen LogP contribution in [0.25, 0.3) is 22.2 Å². The zero-order chi connectivity index (χ0) is 23.0. The first kappa shape index (κ1) is 21.4. The molecule has 0 saturated heterocycles. The van der Waals surface area contributed by atoms with E-state index in [0.717, 1.165) is 26.9 Å². The van der Waals surface area contributed by atoms with Crippen LogP contribution in [0.15, 0.2) is 70.4 Å². The number of anilines is 1. The molecule has 0 spiro atoms. The van der Waals surface area contributed by atoms with E-state index >= 15 is 0 Å². The maximum absolute atomic E-state index is 13.1. The number of para-hydroxylation sites is 1. The van der Waals surface area contributed by atoms with Crippen LogP contribution in [0.4, 0.5) is 5.69 Å². The van der Waals surface area contributed by atoms with Gasteiger partial charge >= 0.3 is 5.69 Å². The van der Waals surface area contributed by atoms with Crippen molar-refractivity contribution in [2.75, 3.05) is 5.32 Å². The fraction of sp³-hybridized carbons (Fsp3) is 0.240. The van der Waals surface area contributed by atoms with Gasteiger partial charge in [0.25, 0.3) is 5.56 Å². The average Bonchev–Trinajstić information content (AvgIpc) is 3.13. The molecular formula is C25H26N4O3. The second-order valence-corrected chi connectivity index (χ2v) is 8.24. The fourth-order valence-electron chi connectivity index (χ4n) is 4.09. The summed E-state index contributed by atoms with van der Waals surface area (Å²) in [5, 5.41) is 2.94. The van der Waals surface area contributed by atoms with Gasteiger partial charge in [0.2, 0.25) is 5.91 Å². The first-order chi connectivity index (χ1) is 15.3. The topological polar surface area (TPSA) is 78.0 Å². The van der Waals surface area contributed by atoms with Crippen LogP contribution >= 0.6 is 0 Å². The monoisotopic (exact) mass is 430 g/mol. The Balaban J connectivity index is 1.85. The quantitative estimate of drug-likeness (QED) is 0.527. The predicted molar refractivity (Wildman–Crippen MR) is 127 cm³/mol. The Kier molecular flexibility index (Phi) is 5.57. The number of carbonyl (C=O) groups is 1. The number of benzene rings is 2. The van der Waals surface area contributed by atoms with E-state index in [0.29, 0.717) is 11.0 Å². The lowest BCUT2D eigenvalue weighted by atomic mass is 10.0. The number of aromatic nitrogens is 3. The van der Waals surface area contributed by atoms with Crippen LogP contribution in [0.3, 0.4) is 0 Å². The van der Waals surface area contributed by atoms with Gasteiger partial charge in [0.15, 0.2) is 0 Å². The van der Waals surface area contributed by atoms with E-state index in [1.807, 2.05) is 60.8 Å². The largest absolute Gasteiger partial charge is 0.344 e. The van der Waals surface area contributed by atoms with Gasteiger partial charge < -0.3 is 9.88 Å². The number of fused-ring (bicyclic) bond motifs is 1. The van der Waals surface area contributed by atoms with E-state index < -0.39 is 11.2 Å². The summed E-state index contributed by atoms with van der Waals surface area (Å²) in [7, 11) is 3.20. The molecule has 4 rings (SSSR count). The fourth-order valence-corrected chi connectivity index (χ4v) is 4.09. The Morgan fingerprint density at radius 3 is 2.28 bits per heavy atom. The standard InChI is InChI=1S/C25H26N4O3/c1-16(2)18-12-8-9-13-20(18)26-21(30)15-29-22-19(17-10-6-5-7-11-17)14-27(3)23(22)24(31)28(4)25(29)32/h5-14,16H,15H2,1-4H3,(H,26,30). The Bertz CT molecular complexity index is 1430. The molecule has 0 fully saturated rings. The highest BCUT2D eigenvalue weighted by Gasteiger charge is 2.21. The minimum absolute atomic E-state index is 0.209. The number of rotatable bonds is 5. The van der Waals surface area contributed by atoms with Gasteiger partial charge in [-0.1, -0.05) is 62.4 Å². The van der Waals surface area contributed by atoms with E-state index in [1.165, 1.54) is 11.6 Å². The van der Waals surface area contributed by atoms with E-state index in [4.69, 9.17) is 0 Å². The average molecular weight is 431 g/mol. The Hall–Kier alpha value is -3.87. The smallest absolute Gasteiger partial charge is 0.331 e. The Labute approximate surface area is 185 Å². The molecule has 0 unspecified atom stereocenters. The number of hydrogen-bond donors (Lipinski definition) is 1. The van der Waals surface area contributed by atoms with Crippen molar-refractivity contribution in [2.24, 2.45) is 14.1 Å². The minimum atomic E-state index is -0.529. The number of nitrogens with zero attached hydrogens (tertiary/aromatic N) is 3. The van der Waals surface area contributed by atoms with Crippen LogP contribution in [0.5, 0.6) is 0 Å². The number of hydrogen-bond acceptors (Lipinski definition) is 3. The molecule has 7 nitrogen and oxygen atoms in total. The molecule has 1 amide bonds. The molecule has 2 aromatic heterocycles. The van der Waals surface area contributed by atoms with Gasteiger partial charge in [-0.05, 0) is 23.1 Å². The molecule has 0 aliphatic rings. The second kappa shape index (κ2) is 8.34. The predicted octanol–water partition coefficient (Wildman–Crippen LogP) is 3.47. The van der Waals surface area contributed by atoms with Crippen LogP contribution < -0.4 is 16.6 Å². The van der Waals surface area contributed by atoms with Crippen LogP contribution in [0.2, 0.25) is 0 Å². The molecule has 0 atom stereocenters. The van der Waals surface area contributed by atoms with Gasteiger partial charge in [-0.25, -0.2) is 4.79 Å². The highest BCUT2D eigenvalue weighted by molar-refractivity contribution is 5.96. The molecule has 2 aromatic carbocycles. The Morgan fingerprint density at radius 1 is 0.938 bits per heavy atom. The molecule has 2 heterocycles. The van der Waals surface area contributed by atoms with Crippen molar-refractivity contribution in [3.05, 3.63) is 87.2 Å². The summed E-state index contributed by atoms with van der Waals surface area (Å²) >= 11 is 0. The summed E-state index contributed by atoms with van der Waals surface area (Å²) in [6, 6.07) is 17.2. The van der Waals surface area contributed by atoms with E-state index in [1.54, 1.807) is 11.6 Å². The normalized spacial score (nSPS) is 11.3. The Morgan fingerprint density at radius 2 is 1.59 bits per heavy atom. The molecule has 0 aliphatic carbocycles. The van der Waals surface area contributed by atoms with Crippen molar-refractivity contribution < 1.29 is 4.79 Å². The number of aryl methyl sites for hydroxylation is 1. The third kappa shape index (κ3) is 3.66. The summed E-state index contributed by atoms with van der Waals surface area (Å²) < 4.78 is 4.14. The first-order valence-electron chi connectivity index (χ1n) is 10.5. The summed E-state index contributed by atoms with van der Waals surface area (Å²) in [6.07, 6.45) is 1.82. The summed E-state index contributed by atoms with van der Waals surface area (Å²) in [5.41, 5.74) is 3.25. The third-order valence-corrected chi connectivity index (χ3v) is 5.69. The van der Waals surface area contributed by atoms with Crippen molar-refractivity contribution in [3.63, 3.8) is 0 Å². The first-order valence-corrected chi connectivity index (χ1v) is 10.5. The van der Waals surface area contributed by atoms with Crippen LogP contribution in [0, 0.1) is 0 Å². The molecule has 0 saturated carbocycles. The number of nitrogens with one attached hydrogen (secondary N) is 1. The highest BCUT2D eigenvalue weighted by Crippen LogP contribution is 2.28. The van der Waals surface area contributed by atoms with Gasteiger partial charge in [-0.2, -0.15) is 0 Å². The summed E-state index contributed by atoms with van der Waals surface area (Å²) in [4.78, 5) is 39.0. The molecule has 0 bridgehead atoms. The maximum Gasteiger partial charge on any atom is 0.331 e. The molecule has 0 aliphatic heterocycles. The van der Waals surface area contributed by atoms with E-state index in [2.05, 4.69) is 19.2 Å². The van der Waals surface area contributed by atoms with Gasteiger partial charge in [-0.15, -0.1) is 0 Å². The molecule has 4 aromatic rings. The zero-order valence-electron chi connectivity index (χ0n) is 18.6. The molecule has 0 radical (unpaired) electrons. The number of carbonyl (C=O) groups excluding carboxylic acids is 1. The molecule has 32 heavy (non-hydrogen) atoms. The second-order valence-electron chi connectivity index (χ2n) is 8.24. The van der Waals surface area contributed by atoms with Crippen LogP contribution in [0.1, 0.15) is 25.3 Å².